The van der Waals surface area contributed by atoms with Gasteiger partial charge in [0.05, 0.1) is 40.7 Å². The number of anilines is 3. The van der Waals surface area contributed by atoms with Crippen molar-refractivity contribution in [3.63, 3.8) is 0 Å². The normalized spacial score (nSPS) is 11.1. The molecule has 0 fully saturated rings. The summed E-state index contributed by atoms with van der Waals surface area (Å²) < 4.78 is 5.23. The van der Waals surface area contributed by atoms with Gasteiger partial charge in [0.25, 0.3) is 0 Å². The van der Waals surface area contributed by atoms with Crippen LogP contribution < -0.4 is 16.0 Å². The van der Waals surface area contributed by atoms with Crippen LogP contribution in [0.5, 0.6) is 0 Å². The Morgan fingerprint density at radius 1 is 0.783 bits per heavy atom. The molecule has 3 N–H and O–H groups in total. The Balaban J connectivity index is 1.18. The molecule has 0 aliphatic heterocycles. The molecule has 9 nitrogen and oxygen atoms in total. The van der Waals surface area contributed by atoms with Gasteiger partial charge in [0.1, 0.15) is 5.60 Å². The predicted molar refractivity (Wildman–Crippen MR) is 185 cm³/mol. The molecule has 0 aliphatic carbocycles. The first kappa shape index (κ1) is 34.4. The predicted octanol–water partition coefficient (Wildman–Crippen LogP) is 9.19. The number of carbonyl (C=O) groups is 2. The lowest BCUT2D eigenvalue weighted by Gasteiger charge is -2.19. The molecule has 0 radical (unpaired) electrons. The van der Waals surface area contributed by atoms with Gasteiger partial charge in [-0.15, -0.1) is 0 Å². The SMILES string of the molecule is CC(C)(C)OC(=O)NCCCCCCCCCC(=O)Nc1cncc(Nc2ncc(Cl)c(-c3cccc(-c4ccccc4)c3)n2)c1. The number of rotatable bonds is 15. The Hall–Kier alpha value is -4.50. The molecule has 0 saturated carbocycles. The number of carbonyl (C=O) groups excluding carboxylic acids is 2. The third kappa shape index (κ3) is 11.8. The Morgan fingerprint density at radius 3 is 2.22 bits per heavy atom. The number of unbranched alkanes of at least 4 members (excludes halogenated alkanes) is 6. The first-order valence-corrected chi connectivity index (χ1v) is 16.2. The topological polar surface area (TPSA) is 118 Å². The molecule has 0 aliphatic rings. The van der Waals surface area contributed by atoms with Crippen LogP contribution in [0, 0.1) is 0 Å². The quantitative estimate of drug-likeness (QED) is 0.111. The molecule has 242 valence electrons. The van der Waals surface area contributed by atoms with Crippen LogP contribution in [0.1, 0.15) is 72.1 Å². The van der Waals surface area contributed by atoms with Crippen LogP contribution in [-0.2, 0) is 9.53 Å². The second kappa shape index (κ2) is 17.3. The first-order chi connectivity index (χ1) is 22.2. The highest BCUT2D eigenvalue weighted by molar-refractivity contribution is 6.32. The number of amides is 2. The zero-order chi connectivity index (χ0) is 32.8. The molecule has 0 atom stereocenters. The summed E-state index contributed by atoms with van der Waals surface area (Å²) in [4.78, 5) is 37.5. The Labute approximate surface area is 276 Å². The van der Waals surface area contributed by atoms with Gasteiger partial charge in [-0.3, -0.25) is 9.78 Å². The van der Waals surface area contributed by atoms with Crippen LogP contribution in [0.4, 0.5) is 22.1 Å². The summed E-state index contributed by atoms with van der Waals surface area (Å²) in [6.45, 7) is 6.18. The fourth-order valence-corrected chi connectivity index (χ4v) is 5.03. The Bertz CT molecular complexity index is 1580. The van der Waals surface area contributed by atoms with Crippen molar-refractivity contribution in [3.8, 4) is 22.4 Å². The van der Waals surface area contributed by atoms with Crippen LogP contribution in [0.15, 0.2) is 79.3 Å². The Kier molecular flexibility index (Phi) is 12.9. The highest BCUT2D eigenvalue weighted by Gasteiger charge is 2.15. The van der Waals surface area contributed by atoms with Gasteiger partial charge in [-0.05, 0) is 56.9 Å². The minimum Gasteiger partial charge on any atom is -0.444 e. The van der Waals surface area contributed by atoms with Crippen LogP contribution in [0.2, 0.25) is 5.02 Å². The van der Waals surface area contributed by atoms with Gasteiger partial charge >= 0.3 is 6.09 Å². The largest absolute Gasteiger partial charge is 0.444 e. The number of benzene rings is 2. The minimum atomic E-state index is -0.477. The zero-order valence-corrected chi connectivity index (χ0v) is 27.6. The number of ether oxygens (including phenoxy) is 1. The average Bonchev–Trinajstić information content (AvgIpc) is 3.02. The molecule has 2 aromatic carbocycles. The van der Waals surface area contributed by atoms with E-state index < -0.39 is 5.60 Å². The van der Waals surface area contributed by atoms with Gasteiger partial charge in [-0.25, -0.2) is 14.8 Å². The summed E-state index contributed by atoms with van der Waals surface area (Å²) in [5, 5.41) is 9.35. The number of aromatic nitrogens is 3. The second-order valence-corrected chi connectivity index (χ2v) is 12.5. The number of hydrogen-bond acceptors (Lipinski definition) is 7. The number of nitrogens with one attached hydrogen (secondary N) is 3. The number of halogens is 1. The van der Waals surface area contributed by atoms with E-state index in [0.29, 0.717) is 41.0 Å². The third-order valence-electron chi connectivity index (χ3n) is 7.01. The summed E-state index contributed by atoms with van der Waals surface area (Å²) in [7, 11) is 0. The molecule has 10 heteroatoms. The summed E-state index contributed by atoms with van der Waals surface area (Å²) in [5.41, 5.74) is 4.43. The van der Waals surface area contributed by atoms with Gasteiger partial charge in [0.15, 0.2) is 0 Å². The molecule has 2 amide bonds. The summed E-state index contributed by atoms with van der Waals surface area (Å²) in [6, 6.07) is 20.0. The highest BCUT2D eigenvalue weighted by Crippen LogP contribution is 2.30. The minimum absolute atomic E-state index is 0.0458. The van der Waals surface area contributed by atoms with Gasteiger partial charge < -0.3 is 20.7 Å². The van der Waals surface area contributed by atoms with E-state index in [4.69, 9.17) is 16.3 Å². The molecule has 0 bridgehead atoms. The number of nitrogens with zero attached hydrogens (tertiary/aromatic N) is 3. The van der Waals surface area contributed by atoms with E-state index in [1.165, 1.54) is 0 Å². The zero-order valence-electron chi connectivity index (χ0n) is 26.8. The fourth-order valence-electron chi connectivity index (χ4n) is 4.83. The summed E-state index contributed by atoms with van der Waals surface area (Å²) in [6.07, 6.45) is 12.0. The summed E-state index contributed by atoms with van der Waals surface area (Å²) >= 11 is 6.51. The molecule has 0 saturated heterocycles. The number of alkyl carbamates (subject to hydrolysis) is 1. The van der Waals surface area contributed by atoms with E-state index in [2.05, 4.69) is 55.2 Å². The monoisotopic (exact) mass is 642 g/mol. The maximum absolute atomic E-state index is 12.6. The van der Waals surface area contributed by atoms with Crippen molar-refractivity contribution in [2.75, 3.05) is 17.2 Å². The Morgan fingerprint density at radius 2 is 1.46 bits per heavy atom. The van der Waals surface area contributed by atoms with E-state index in [1.54, 1.807) is 24.7 Å². The maximum atomic E-state index is 12.6. The lowest BCUT2D eigenvalue weighted by atomic mass is 10.0. The molecule has 0 unspecified atom stereocenters. The summed E-state index contributed by atoms with van der Waals surface area (Å²) in [5.74, 6) is 0.324. The lowest BCUT2D eigenvalue weighted by molar-refractivity contribution is -0.116. The second-order valence-electron chi connectivity index (χ2n) is 12.1. The van der Waals surface area contributed by atoms with E-state index in [9.17, 15) is 9.59 Å². The van der Waals surface area contributed by atoms with Crippen molar-refractivity contribution in [2.24, 2.45) is 0 Å². The molecular weight excluding hydrogens is 600 g/mol. The van der Waals surface area contributed by atoms with Gasteiger partial charge in [-0.2, -0.15) is 0 Å². The van der Waals surface area contributed by atoms with E-state index >= 15 is 0 Å². The molecule has 2 heterocycles. The lowest BCUT2D eigenvalue weighted by Crippen LogP contribution is -2.32. The van der Waals surface area contributed by atoms with Gasteiger partial charge in [0.2, 0.25) is 11.9 Å². The highest BCUT2D eigenvalue weighted by atomic mass is 35.5. The van der Waals surface area contributed by atoms with Crippen molar-refractivity contribution >= 4 is 40.9 Å². The molecule has 2 aromatic heterocycles. The molecule has 46 heavy (non-hydrogen) atoms. The molecule has 4 aromatic rings. The smallest absolute Gasteiger partial charge is 0.407 e. The van der Waals surface area contributed by atoms with Crippen molar-refractivity contribution in [1.29, 1.82) is 0 Å². The average molecular weight is 643 g/mol. The van der Waals surface area contributed by atoms with Crippen LogP contribution >= 0.6 is 11.6 Å². The maximum Gasteiger partial charge on any atom is 0.407 e. The molecule has 0 spiro atoms. The third-order valence-corrected chi connectivity index (χ3v) is 7.29. The van der Waals surface area contributed by atoms with Gasteiger partial charge in [-0.1, -0.05) is 92.2 Å². The van der Waals surface area contributed by atoms with Crippen molar-refractivity contribution in [2.45, 2.75) is 77.7 Å². The standard InChI is InChI=1S/C36H43ClN6O3/c1-36(2,3)46-35(45)39-20-13-8-6-4-5-7-12-19-32(44)41-29-22-30(24-38-23-29)42-34-40-25-31(37)33(43-34)28-18-14-17-27(21-28)26-15-10-9-11-16-26/h9-11,14-18,21-25H,4-8,12-13,19-20H2,1-3H3,(H,39,45)(H,41,44)(H,40,42,43). The van der Waals surface area contributed by atoms with E-state index in [0.717, 1.165) is 61.6 Å². The van der Waals surface area contributed by atoms with Crippen molar-refractivity contribution in [1.82, 2.24) is 20.3 Å². The van der Waals surface area contributed by atoms with Gasteiger partial charge in [0, 0.05) is 18.5 Å². The molecular formula is C36H43ClN6O3. The first-order valence-electron chi connectivity index (χ1n) is 15.8. The molecule has 4 rings (SSSR count). The van der Waals surface area contributed by atoms with Crippen LogP contribution in [0.3, 0.4) is 0 Å². The van der Waals surface area contributed by atoms with Crippen molar-refractivity contribution < 1.29 is 14.3 Å². The van der Waals surface area contributed by atoms with Crippen LogP contribution in [-0.4, -0.2) is 39.1 Å². The van der Waals surface area contributed by atoms with Crippen LogP contribution in [0.25, 0.3) is 22.4 Å². The van der Waals surface area contributed by atoms with E-state index in [-0.39, 0.29) is 12.0 Å². The van der Waals surface area contributed by atoms with E-state index in [1.807, 2.05) is 51.1 Å². The van der Waals surface area contributed by atoms with Crippen molar-refractivity contribution in [3.05, 3.63) is 84.3 Å². The number of pyridine rings is 1. The fraction of sp³-hybridized carbons (Fsp3) is 0.361. The number of hydrogen-bond donors (Lipinski definition) is 3.